The van der Waals surface area contributed by atoms with Gasteiger partial charge in [-0.2, -0.15) is 0 Å². The summed E-state index contributed by atoms with van der Waals surface area (Å²) in [7, 11) is 0. The van der Waals surface area contributed by atoms with Gasteiger partial charge in [-0.3, -0.25) is 4.90 Å². The molecule has 0 atom stereocenters. The lowest BCUT2D eigenvalue weighted by Gasteiger charge is -2.39. The molecule has 2 nitrogen and oxygen atoms in total. The normalized spacial score (nSPS) is 22.8. The molecule has 1 aliphatic rings. The molecule has 1 saturated heterocycles. The lowest BCUT2D eigenvalue weighted by molar-refractivity contribution is -0.0145. The summed E-state index contributed by atoms with van der Waals surface area (Å²) in [6.45, 7) is 9.51. The molecule has 0 unspecified atom stereocenters. The van der Waals surface area contributed by atoms with Crippen molar-refractivity contribution >= 4 is 0 Å². The molecule has 1 heterocycles. The first-order chi connectivity index (χ1) is 4.47. The Labute approximate surface area is 62.8 Å². The molecule has 2 heteroatoms. The number of nitrogens with zero attached hydrogens (tertiary/aromatic N) is 1. The maximum absolute atomic E-state index is 8.97. The molecular formula is C8H17NO. The summed E-state index contributed by atoms with van der Waals surface area (Å²) in [6, 6.07) is 0. The SMILES string of the molecule is CC(C)(C)CN1CC(O)C1. The van der Waals surface area contributed by atoms with Crippen LogP contribution in [0, 0.1) is 5.41 Å². The summed E-state index contributed by atoms with van der Waals surface area (Å²) in [5.74, 6) is 0. The third kappa shape index (κ3) is 2.27. The van der Waals surface area contributed by atoms with Gasteiger partial charge in [-0.1, -0.05) is 20.8 Å². The monoisotopic (exact) mass is 143 g/mol. The number of rotatable bonds is 1. The molecule has 0 aromatic rings. The van der Waals surface area contributed by atoms with Gasteiger partial charge in [-0.25, -0.2) is 0 Å². The zero-order chi connectivity index (χ0) is 7.78. The van der Waals surface area contributed by atoms with Crippen molar-refractivity contribution in [1.29, 1.82) is 0 Å². The lowest BCUT2D eigenvalue weighted by atomic mass is 9.94. The van der Waals surface area contributed by atoms with Crippen molar-refractivity contribution in [2.45, 2.75) is 26.9 Å². The molecule has 0 spiro atoms. The van der Waals surface area contributed by atoms with Crippen molar-refractivity contribution in [2.75, 3.05) is 19.6 Å². The van der Waals surface area contributed by atoms with Crippen molar-refractivity contribution in [3.05, 3.63) is 0 Å². The van der Waals surface area contributed by atoms with Crippen LogP contribution in [0.4, 0.5) is 0 Å². The van der Waals surface area contributed by atoms with Crippen molar-refractivity contribution < 1.29 is 5.11 Å². The van der Waals surface area contributed by atoms with Gasteiger partial charge in [-0.05, 0) is 5.41 Å². The highest BCUT2D eigenvalue weighted by Crippen LogP contribution is 2.18. The van der Waals surface area contributed by atoms with Gasteiger partial charge >= 0.3 is 0 Å². The first-order valence-electron chi connectivity index (χ1n) is 3.88. The van der Waals surface area contributed by atoms with Crippen LogP contribution in [0.1, 0.15) is 20.8 Å². The van der Waals surface area contributed by atoms with Gasteiger partial charge in [0.05, 0.1) is 6.10 Å². The molecule has 0 saturated carbocycles. The van der Waals surface area contributed by atoms with E-state index in [-0.39, 0.29) is 6.10 Å². The highest BCUT2D eigenvalue weighted by molar-refractivity contribution is 4.81. The largest absolute Gasteiger partial charge is 0.390 e. The van der Waals surface area contributed by atoms with Crippen LogP contribution in [0.5, 0.6) is 0 Å². The maximum Gasteiger partial charge on any atom is 0.0793 e. The average molecular weight is 143 g/mol. The first kappa shape index (κ1) is 8.02. The van der Waals surface area contributed by atoms with Gasteiger partial charge in [0.25, 0.3) is 0 Å². The zero-order valence-corrected chi connectivity index (χ0v) is 7.09. The Kier molecular flexibility index (Phi) is 2.02. The Hall–Kier alpha value is -0.0800. The summed E-state index contributed by atoms with van der Waals surface area (Å²) >= 11 is 0. The third-order valence-corrected chi connectivity index (χ3v) is 1.64. The van der Waals surface area contributed by atoms with Gasteiger partial charge in [-0.15, -0.1) is 0 Å². The summed E-state index contributed by atoms with van der Waals surface area (Å²) in [5.41, 5.74) is 0.375. The molecule has 1 rings (SSSR count). The molecule has 60 valence electrons. The molecule has 1 aliphatic heterocycles. The predicted octanol–water partition coefficient (Wildman–Crippen LogP) is 0.709. The number of hydrogen-bond donors (Lipinski definition) is 1. The minimum atomic E-state index is -0.0534. The minimum Gasteiger partial charge on any atom is -0.390 e. The van der Waals surface area contributed by atoms with Gasteiger partial charge in [0.1, 0.15) is 0 Å². The fraction of sp³-hybridized carbons (Fsp3) is 1.00. The van der Waals surface area contributed by atoms with Crippen LogP contribution in [0.15, 0.2) is 0 Å². The smallest absolute Gasteiger partial charge is 0.0793 e. The number of aliphatic hydroxyl groups excluding tert-OH is 1. The fourth-order valence-electron chi connectivity index (χ4n) is 1.34. The highest BCUT2D eigenvalue weighted by atomic mass is 16.3. The molecule has 0 aromatic carbocycles. The first-order valence-corrected chi connectivity index (χ1v) is 3.88. The van der Waals surface area contributed by atoms with E-state index in [1.165, 1.54) is 0 Å². The topological polar surface area (TPSA) is 23.5 Å². The minimum absolute atomic E-state index is 0.0534. The second kappa shape index (κ2) is 2.51. The van der Waals surface area contributed by atoms with Gasteiger partial charge in [0.2, 0.25) is 0 Å². The van der Waals surface area contributed by atoms with Crippen LogP contribution in [0.25, 0.3) is 0 Å². The number of β-amino-alcohol motifs (C(OH)–C–C–N with tert-alkyl or cyclic N) is 1. The van der Waals surface area contributed by atoms with E-state index in [2.05, 4.69) is 25.7 Å². The molecule has 0 radical (unpaired) electrons. The fourth-order valence-corrected chi connectivity index (χ4v) is 1.34. The lowest BCUT2D eigenvalue weighted by Crippen LogP contribution is -2.53. The quantitative estimate of drug-likeness (QED) is 0.584. The van der Waals surface area contributed by atoms with Gasteiger partial charge < -0.3 is 5.11 Å². The number of aliphatic hydroxyl groups is 1. The van der Waals surface area contributed by atoms with E-state index in [1.54, 1.807) is 0 Å². The molecule has 1 fully saturated rings. The van der Waals surface area contributed by atoms with Crippen molar-refractivity contribution in [3.63, 3.8) is 0 Å². The van der Waals surface area contributed by atoms with E-state index >= 15 is 0 Å². The van der Waals surface area contributed by atoms with E-state index in [9.17, 15) is 0 Å². The van der Waals surface area contributed by atoms with E-state index in [1.807, 2.05) is 0 Å². The highest BCUT2D eigenvalue weighted by Gasteiger charge is 2.27. The Morgan fingerprint density at radius 1 is 1.40 bits per heavy atom. The molecule has 1 N–H and O–H groups in total. The Balaban J connectivity index is 2.16. The van der Waals surface area contributed by atoms with E-state index in [4.69, 9.17) is 5.11 Å². The van der Waals surface area contributed by atoms with Crippen LogP contribution in [0.3, 0.4) is 0 Å². The van der Waals surface area contributed by atoms with Gasteiger partial charge in [0.15, 0.2) is 0 Å². The predicted molar refractivity (Wildman–Crippen MR) is 41.9 cm³/mol. The number of hydrogen-bond acceptors (Lipinski definition) is 2. The zero-order valence-electron chi connectivity index (χ0n) is 7.09. The molecule has 0 bridgehead atoms. The van der Waals surface area contributed by atoms with Crippen molar-refractivity contribution in [2.24, 2.45) is 5.41 Å². The Morgan fingerprint density at radius 3 is 2.20 bits per heavy atom. The second-order valence-corrected chi connectivity index (χ2v) is 4.41. The molecule has 0 aliphatic carbocycles. The Bertz CT molecular complexity index is 111. The van der Waals surface area contributed by atoms with Crippen LogP contribution in [-0.4, -0.2) is 35.7 Å². The maximum atomic E-state index is 8.97. The summed E-state index contributed by atoms with van der Waals surface area (Å²) in [4.78, 5) is 2.28. The molecular weight excluding hydrogens is 126 g/mol. The van der Waals surface area contributed by atoms with E-state index in [0.29, 0.717) is 5.41 Å². The molecule has 0 aromatic heterocycles. The van der Waals surface area contributed by atoms with Gasteiger partial charge in [0, 0.05) is 19.6 Å². The third-order valence-electron chi connectivity index (χ3n) is 1.64. The summed E-state index contributed by atoms with van der Waals surface area (Å²) in [5, 5.41) is 8.97. The van der Waals surface area contributed by atoms with Crippen LogP contribution in [0.2, 0.25) is 0 Å². The summed E-state index contributed by atoms with van der Waals surface area (Å²) in [6.07, 6.45) is -0.0534. The second-order valence-electron chi connectivity index (χ2n) is 4.41. The van der Waals surface area contributed by atoms with E-state index < -0.39 is 0 Å². The molecule has 10 heavy (non-hydrogen) atoms. The van der Waals surface area contributed by atoms with Crippen LogP contribution < -0.4 is 0 Å². The van der Waals surface area contributed by atoms with Crippen molar-refractivity contribution in [3.8, 4) is 0 Å². The Morgan fingerprint density at radius 2 is 1.90 bits per heavy atom. The number of likely N-dealkylation sites (tertiary alicyclic amines) is 1. The van der Waals surface area contributed by atoms with Crippen molar-refractivity contribution in [1.82, 2.24) is 4.90 Å². The summed E-state index contributed by atoms with van der Waals surface area (Å²) < 4.78 is 0. The molecule has 0 amide bonds. The van der Waals surface area contributed by atoms with Crippen LogP contribution >= 0.6 is 0 Å². The van der Waals surface area contributed by atoms with E-state index in [0.717, 1.165) is 19.6 Å². The average Bonchev–Trinajstić information content (AvgIpc) is 1.57. The van der Waals surface area contributed by atoms with Crippen LogP contribution in [-0.2, 0) is 0 Å². The standard InChI is InChI=1S/C8H17NO/c1-8(2,3)6-9-4-7(10)5-9/h7,10H,4-6H2,1-3H3.